The average molecular weight is 703 g/mol. The molecule has 256 valence electrons. The van der Waals surface area contributed by atoms with Crippen LogP contribution in [-0.2, 0) is 5.60 Å². The summed E-state index contributed by atoms with van der Waals surface area (Å²) in [6.07, 6.45) is 11.9. The van der Waals surface area contributed by atoms with E-state index in [2.05, 4.69) is 31.6 Å². The normalized spacial score (nSPS) is 32.1. The molecule has 1 aromatic heterocycles. The lowest BCUT2D eigenvalue weighted by Gasteiger charge is -2.35. The number of allylic oxidation sites excluding steroid dienone is 5. The standard InChI is InChI=1S/C38H41ClF2N6OS/c1-23(40)17-27-9-11-30(44-27)35-31-18-24(20-42-14-15-46-22-25-7-12-34(46)38(25,48)33-6-2-3-13-43-33)21-47(31)37(32-5-4-16-49-32)45-36(35)28-10-8-26(41)19-29(28)39/h2-4,6,8-11,13,16-17,19,23-25,32,34,36,42,48H,5,7,12,14-15,18,20-22H2,1H3/b27-17-/t23?,24-,25?,32?,34?,36+,38?/m1/s1. The first kappa shape index (κ1) is 33.0. The Balaban J connectivity index is 1.03. The third kappa shape index (κ3) is 6.14. The number of alkyl halides is 1. The van der Waals surface area contributed by atoms with Gasteiger partial charge in [0.05, 0.1) is 22.4 Å². The van der Waals surface area contributed by atoms with Gasteiger partial charge in [0.25, 0.3) is 0 Å². The van der Waals surface area contributed by atoms with E-state index in [0.717, 1.165) is 92.5 Å². The van der Waals surface area contributed by atoms with E-state index in [4.69, 9.17) is 21.6 Å². The van der Waals surface area contributed by atoms with Crippen LogP contribution >= 0.6 is 23.4 Å². The van der Waals surface area contributed by atoms with Crippen LogP contribution in [0.2, 0.25) is 5.02 Å². The van der Waals surface area contributed by atoms with Crippen LogP contribution < -0.4 is 5.32 Å². The summed E-state index contributed by atoms with van der Waals surface area (Å²) < 4.78 is 28.2. The topological polar surface area (TPSA) is 76.3 Å². The predicted molar refractivity (Wildman–Crippen MR) is 193 cm³/mol. The van der Waals surface area contributed by atoms with E-state index in [1.807, 2.05) is 30.4 Å². The molecule has 6 heterocycles. The number of pyridine rings is 1. The summed E-state index contributed by atoms with van der Waals surface area (Å²) in [5.41, 5.74) is 4.09. The summed E-state index contributed by atoms with van der Waals surface area (Å²) in [6, 6.07) is 9.96. The number of halogens is 3. The lowest BCUT2D eigenvalue weighted by molar-refractivity contribution is -0.00561. The minimum absolute atomic E-state index is 0.0912. The maximum Gasteiger partial charge on any atom is 0.126 e. The van der Waals surface area contributed by atoms with E-state index in [1.165, 1.54) is 25.1 Å². The van der Waals surface area contributed by atoms with Gasteiger partial charge in [-0.2, -0.15) is 0 Å². The fourth-order valence-electron chi connectivity index (χ4n) is 8.69. The van der Waals surface area contributed by atoms with Crippen molar-refractivity contribution in [2.24, 2.45) is 21.8 Å². The monoisotopic (exact) mass is 702 g/mol. The van der Waals surface area contributed by atoms with Gasteiger partial charge in [0.1, 0.15) is 29.5 Å². The average Bonchev–Trinajstić information content (AvgIpc) is 3.93. The first-order valence-corrected chi connectivity index (χ1v) is 18.7. The summed E-state index contributed by atoms with van der Waals surface area (Å²) in [5.74, 6) is 1.15. The molecule has 7 atom stereocenters. The highest BCUT2D eigenvalue weighted by Gasteiger charge is 2.58. The Labute approximate surface area is 295 Å². The number of thioether (sulfide) groups is 1. The molecule has 5 unspecified atom stereocenters. The van der Waals surface area contributed by atoms with Gasteiger partial charge in [-0.05, 0) is 86.4 Å². The van der Waals surface area contributed by atoms with Crippen LogP contribution in [0.3, 0.4) is 0 Å². The number of aromatic nitrogens is 1. The third-order valence-electron chi connectivity index (χ3n) is 10.8. The summed E-state index contributed by atoms with van der Waals surface area (Å²) >= 11 is 8.48. The molecular weight excluding hydrogens is 662 g/mol. The zero-order valence-electron chi connectivity index (χ0n) is 27.5. The zero-order chi connectivity index (χ0) is 33.7. The number of piperidine rings is 1. The minimum atomic E-state index is -1.12. The van der Waals surface area contributed by atoms with E-state index in [0.29, 0.717) is 16.6 Å². The molecular formula is C38H41ClF2N6OS. The Hall–Kier alpha value is -3.15. The summed E-state index contributed by atoms with van der Waals surface area (Å²) in [4.78, 5) is 19.6. The van der Waals surface area contributed by atoms with E-state index < -0.39 is 23.6 Å². The van der Waals surface area contributed by atoms with Gasteiger partial charge in [-0.1, -0.05) is 29.8 Å². The number of likely N-dealkylation sites (tertiary alicyclic amines) is 1. The Morgan fingerprint density at radius 3 is 2.88 bits per heavy atom. The molecule has 1 aromatic carbocycles. The van der Waals surface area contributed by atoms with Gasteiger partial charge in [0.2, 0.25) is 0 Å². The molecule has 11 heteroatoms. The highest BCUT2D eigenvalue weighted by Crippen LogP contribution is 2.51. The van der Waals surface area contributed by atoms with Crippen LogP contribution in [0.1, 0.15) is 49.9 Å². The largest absolute Gasteiger partial charge is 0.382 e. The molecule has 7 nitrogen and oxygen atoms in total. The highest BCUT2D eigenvalue weighted by molar-refractivity contribution is 8.03. The number of hydrogen-bond donors (Lipinski definition) is 2. The minimum Gasteiger partial charge on any atom is -0.382 e. The zero-order valence-corrected chi connectivity index (χ0v) is 29.1. The van der Waals surface area contributed by atoms with Crippen LogP contribution in [0.15, 0.2) is 99.3 Å². The second-order valence-electron chi connectivity index (χ2n) is 14.0. The quantitative estimate of drug-likeness (QED) is 0.267. The van der Waals surface area contributed by atoms with Crippen molar-refractivity contribution in [3.63, 3.8) is 0 Å². The molecule has 2 saturated heterocycles. The van der Waals surface area contributed by atoms with E-state index in [-0.39, 0.29) is 17.2 Å². The molecule has 49 heavy (non-hydrogen) atoms. The van der Waals surface area contributed by atoms with E-state index >= 15 is 0 Å². The third-order valence-corrected chi connectivity index (χ3v) is 12.3. The first-order valence-electron chi connectivity index (χ1n) is 17.3. The van der Waals surface area contributed by atoms with Crippen LogP contribution in [0.4, 0.5) is 8.78 Å². The number of nitrogens with one attached hydrogen (secondary N) is 1. The molecule has 1 saturated carbocycles. The Bertz CT molecular complexity index is 1790. The Morgan fingerprint density at radius 2 is 2.10 bits per heavy atom. The van der Waals surface area contributed by atoms with Gasteiger partial charge in [0, 0.05) is 72.7 Å². The number of rotatable bonds is 10. The van der Waals surface area contributed by atoms with Gasteiger partial charge in [-0.25, -0.2) is 13.8 Å². The number of aliphatic imine (C=N–C) groups is 2. The van der Waals surface area contributed by atoms with Crippen LogP contribution in [0.5, 0.6) is 0 Å². The van der Waals surface area contributed by atoms with Gasteiger partial charge >= 0.3 is 0 Å². The van der Waals surface area contributed by atoms with Gasteiger partial charge in [-0.15, -0.1) is 11.8 Å². The molecule has 2 N–H and O–H groups in total. The molecule has 3 fully saturated rings. The summed E-state index contributed by atoms with van der Waals surface area (Å²) in [5, 5.41) is 18.2. The fourth-order valence-corrected chi connectivity index (χ4v) is 9.91. The second kappa shape index (κ2) is 13.5. The fraction of sp³-hybridized carbons (Fsp3) is 0.447. The number of aliphatic hydroxyl groups is 1. The van der Waals surface area contributed by atoms with E-state index in [1.54, 1.807) is 24.0 Å². The number of benzene rings is 1. The molecule has 1 aliphatic carbocycles. The van der Waals surface area contributed by atoms with E-state index in [9.17, 15) is 13.9 Å². The van der Waals surface area contributed by atoms with Crippen molar-refractivity contribution < 1.29 is 13.9 Å². The molecule has 0 radical (unpaired) electrons. The van der Waals surface area contributed by atoms with Crippen LogP contribution in [0, 0.1) is 17.7 Å². The molecule has 0 spiro atoms. The molecule has 0 amide bonds. The van der Waals surface area contributed by atoms with Gasteiger partial charge in [-0.3, -0.25) is 14.9 Å². The summed E-state index contributed by atoms with van der Waals surface area (Å²) in [7, 11) is 0. The van der Waals surface area contributed by atoms with Gasteiger partial charge in [0.15, 0.2) is 0 Å². The molecule has 5 aliphatic heterocycles. The highest BCUT2D eigenvalue weighted by atomic mass is 35.5. The van der Waals surface area contributed by atoms with Crippen molar-refractivity contribution in [3.8, 4) is 0 Å². The number of nitrogens with zero attached hydrogens (tertiary/aromatic N) is 5. The predicted octanol–water partition coefficient (Wildman–Crippen LogP) is 6.75. The molecule has 2 aromatic rings. The lowest BCUT2D eigenvalue weighted by Crippen LogP contribution is -2.44. The van der Waals surface area contributed by atoms with Crippen molar-refractivity contribution in [2.75, 3.05) is 32.7 Å². The molecule has 8 rings (SSSR count). The van der Waals surface area contributed by atoms with Crippen LogP contribution in [-0.4, -0.2) is 81.6 Å². The number of hydrogen-bond acceptors (Lipinski definition) is 8. The van der Waals surface area contributed by atoms with Crippen molar-refractivity contribution >= 4 is 34.9 Å². The number of amidine groups is 1. The molecule has 6 aliphatic rings. The lowest BCUT2D eigenvalue weighted by atomic mass is 9.88. The molecule has 2 bridgehead atoms. The summed E-state index contributed by atoms with van der Waals surface area (Å²) in [6.45, 7) is 5.73. The van der Waals surface area contributed by atoms with Crippen LogP contribution in [0.25, 0.3) is 0 Å². The second-order valence-corrected chi connectivity index (χ2v) is 15.5. The smallest absolute Gasteiger partial charge is 0.126 e. The Kier molecular flexibility index (Phi) is 9.11. The van der Waals surface area contributed by atoms with Crippen molar-refractivity contribution in [2.45, 2.75) is 61.7 Å². The van der Waals surface area contributed by atoms with Crippen molar-refractivity contribution in [1.29, 1.82) is 0 Å². The number of fused-ring (bicyclic) bond motifs is 3. The first-order chi connectivity index (χ1) is 23.8. The Morgan fingerprint density at radius 1 is 1.20 bits per heavy atom. The SMILES string of the molecule is CC(F)/C=C1/C=CC(C2=C3C[C@H](CNCCN4CC5CCC4C5(O)c4ccccn4)CN3C(C3CC=CS3)=N[C@H]2c2ccc(F)cc2Cl)=N1. The van der Waals surface area contributed by atoms with Crippen molar-refractivity contribution in [1.82, 2.24) is 20.1 Å². The maximum atomic E-state index is 14.2. The van der Waals surface area contributed by atoms with Crippen molar-refractivity contribution in [3.05, 3.63) is 111 Å². The maximum absolute atomic E-state index is 14.2. The van der Waals surface area contributed by atoms with Gasteiger partial charge < -0.3 is 15.3 Å².